The lowest BCUT2D eigenvalue weighted by molar-refractivity contribution is -0.215. The van der Waals surface area contributed by atoms with E-state index in [1.165, 1.54) is 6.33 Å². The molecular weight excluding hydrogens is 365 g/mol. The van der Waals surface area contributed by atoms with Crippen LogP contribution in [-0.4, -0.2) is 57.3 Å². The molecule has 0 aliphatic carbocycles. The number of aliphatic hydroxyl groups excluding tert-OH is 1. The summed E-state index contributed by atoms with van der Waals surface area (Å²) in [4.78, 5) is 15.4. The molecule has 1 aliphatic rings. The Morgan fingerprint density at radius 3 is 2.77 bits per heavy atom. The third-order valence-corrected chi connectivity index (χ3v) is 5.52. The SMILES string of the molecule is CCOP(=O)(CO[C@]1(c2nc(N)c3[nH]cnc3n2)C[C@H](O)CO1)OCC. The van der Waals surface area contributed by atoms with E-state index in [0.29, 0.717) is 11.2 Å². The average molecular weight is 387 g/mol. The molecule has 0 saturated carbocycles. The Hall–Kier alpha value is -1.62. The number of nitrogens with zero attached hydrogens (tertiary/aromatic N) is 3. The van der Waals surface area contributed by atoms with Crippen molar-refractivity contribution >= 4 is 24.6 Å². The fourth-order valence-corrected chi connectivity index (χ4v) is 4.07. The molecule has 26 heavy (non-hydrogen) atoms. The summed E-state index contributed by atoms with van der Waals surface area (Å²) in [6, 6.07) is 0. The summed E-state index contributed by atoms with van der Waals surface area (Å²) in [6.07, 6.45) is 0.299. The Labute approximate surface area is 149 Å². The van der Waals surface area contributed by atoms with E-state index in [9.17, 15) is 9.67 Å². The normalized spacial score (nSPS) is 23.7. The zero-order valence-corrected chi connectivity index (χ0v) is 15.4. The van der Waals surface area contributed by atoms with Gasteiger partial charge in [-0.25, -0.2) is 15.0 Å². The Morgan fingerprint density at radius 2 is 2.15 bits per heavy atom. The van der Waals surface area contributed by atoms with Crippen LogP contribution in [-0.2, 0) is 28.9 Å². The van der Waals surface area contributed by atoms with Gasteiger partial charge in [0.15, 0.2) is 23.6 Å². The van der Waals surface area contributed by atoms with E-state index in [1.54, 1.807) is 13.8 Å². The van der Waals surface area contributed by atoms with Crippen LogP contribution >= 0.6 is 7.60 Å². The summed E-state index contributed by atoms with van der Waals surface area (Å²) in [5, 5.41) is 9.96. The molecule has 11 nitrogen and oxygen atoms in total. The van der Waals surface area contributed by atoms with Gasteiger partial charge in [0.25, 0.3) is 0 Å². The molecule has 3 heterocycles. The number of aromatic amines is 1. The van der Waals surface area contributed by atoms with Crippen LogP contribution in [0.4, 0.5) is 5.82 Å². The maximum absolute atomic E-state index is 12.7. The van der Waals surface area contributed by atoms with Gasteiger partial charge in [-0.1, -0.05) is 0 Å². The van der Waals surface area contributed by atoms with E-state index in [2.05, 4.69) is 19.9 Å². The van der Waals surface area contributed by atoms with Gasteiger partial charge < -0.3 is 34.3 Å². The number of anilines is 1. The lowest BCUT2D eigenvalue weighted by Gasteiger charge is -2.28. The molecule has 144 valence electrons. The number of nitrogens with one attached hydrogen (secondary N) is 1. The first-order valence-electron chi connectivity index (χ1n) is 8.22. The Bertz CT molecular complexity index is 806. The number of fused-ring (bicyclic) bond motifs is 1. The number of H-pyrrole nitrogens is 1. The predicted octanol–water partition coefficient (Wildman–Crippen LogP) is 1.11. The fraction of sp³-hybridized carbons (Fsp3) is 0.643. The van der Waals surface area contributed by atoms with E-state index in [1.807, 2.05) is 0 Å². The highest BCUT2D eigenvalue weighted by atomic mass is 31.2. The van der Waals surface area contributed by atoms with E-state index in [-0.39, 0.29) is 44.2 Å². The summed E-state index contributed by atoms with van der Waals surface area (Å²) in [5.74, 6) is -1.27. The molecule has 1 fully saturated rings. The number of nitrogens with two attached hydrogens (primary N) is 1. The van der Waals surface area contributed by atoms with E-state index in [0.717, 1.165) is 0 Å². The number of aliphatic hydroxyl groups is 1. The molecule has 3 rings (SSSR count). The van der Waals surface area contributed by atoms with Crippen molar-refractivity contribution in [3.05, 3.63) is 12.2 Å². The van der Waals surface area contributed by atoms with Crippen LogP contribution in [0.2, 0.25) is 0 Å². The van der Waals surface area contributed by atoms with Gasteiger partial charge in [-0.2, -0.15) is 0 Å². The molecule has 4 N–H and O–H groups in total. The molecule has 0 unspecified atom stereocenters. The first-order chi connectivity index (χ1) is 12.4. The lowest BCUT2D eigenvalue weighted by atomic mass is 10.1. The second-order valence-electron chi connectivity index (χ2n) is 5.68. The number of hydrogen-bond acceptors (Lipinski definition) is 10. The zero-order valence-electron chi connectivity index (χ0n) is 14.5. The molecule has 2 atom stereocenters. The third-order valence-electron chi connectivity index (χ3n) is 3.77. The van der Waals surface area contributed by atoms with Gasteiger partial charge in [0, 0.05) is 6.42 Å². The summed E-state index contributed by atoms with van der Waals surface area (Å²) < 4.78 is 34.6. The van der Waals surface area contributed by atoms with Crippen molar-refractivity contribution in [2.75, 3.05) is 31.9 Å². The van der Waals surface area contributed by atoms with Crippen LogP contribution in [0, 0.1) is 0 Å². The van der Waals surface area contributed by atoms with Crippen LogP contribution in [0.1, 0.15) is 26.1 Å². The van der Waals surface area contributed by atoms with Crippen molar-refractivity contribution in [2.45, 2.75) is 32.2 Å². The van der Waals surface area contributed by atoms with Crippen LogP contribution in [0.15, 0.2) is 6.33 Å². The number of imidazole rings is 1. The van der Waals surface area contributed by atoms with Gasteiger partial charge in [0.2, 0.25) is 5.79 Å². The minimum atomic E-state index is -3.50. The second kappa shape index (κ2) is 7.55. The van der Waals surface area contributed by atoms with Crippen LogP contribution in [0.3, 0.4) is 0 Å². The molecule has 2 aromatic rings. The molecule has 0 spiro atoms. The second-order valence-corrected chi connectivity index (χ2v) is 7.67. The number of nitrogen functional groups attached to an aromatic ring is 1. The first kappa shape index (κ1) is 19.2. The fourth-order valence-electron chi connectivity index (χ4n) is 2.69. The summed E-state index contributed by atoms with van der Waals surface area (Å²) in [5.41, 5.74) is 6.75. The lowest BCUT2D eigenvalue weighted by Crippen LogP contribution is -2.33. The average Bonchev–Trinajstić information content (AvgIpc) is 3.21. The summed E-state index contributed by atoms with van der Waals surface area (Å²) in [7, 11) is -3.50. The molecular formula is C14H22N5O6P. The number of rotatable bonds is 8. The van der Waals surface area contributed by atoms with E-state index in [4.69, 9.17) is 24.3 Å². The highest BCUT2D eigenvalue weighted by Crippen LogP contribution is 2.50. The summed E-state index contributed by atoms with van der Waals surface area (Å²) in [6.45, 7) is 3.80. The number of hydrogen-bond donors (Lipinski definition) is 3. The minimum absolute atomic E-state index is 0.00936. The molecule has 2 aromatic heterocycles. The number of ether oxygens (including phenoxy) is 2. The monoisotopic (exact) mass is 387 g/mol. The van der Waals surface area contributed by atoms with Gasteiger partial charge in [-0.3, -0.25) is 4.57 Å². The molecule has 0 amide bonds. The smallest absolute Gasteiger partial charge is 0.356 e. The number of aromatic nitrogens is 4. The largest absolute Gasteiger partial charge is 0.390 e. The van der Waals surface area contributed by atoms with Gasteiger partial charge in [0.1, 0.15) is 5.52 Å². The molecule has 12 heteroatoms. The van der Waals surface area contributed by atoms with Gasteiger partial charge in [0.05, 0.1) is 32.3 Å². The minimum Gasteiger partial charge on any atom is -0.390 e. The van der Waals surface area contributed by atoms with Gasteiger partial charge in [-0.15, -0.1) is 0 Å². The highest BCUT2D eigenvalue weighted by molar-refractivity contribution is 7.53. The molecule has 0 aromatic carbocycles. The standard InChI is InChI=1S/C14H22N5O6P/c1-3-24-26(21,25-4-2)8-23-14(5-9(20)6-22-14)13-18-11(15)10-12(19-13)17-7-16-10/h7,9,20H,3-6,8H2,1-2H3,(H3,15,16,17,18,19)/t9-,14-/m0/s1. The Balaban J connectivity index is 1.92. The van der Waals surface area contributed by atoms with E-state index >= 15 is 0 Å². The van der Waals surface area contributed by atoms with Crippen molar-refractivity contribution < 1.29 is 28.2 Å². The topological polar surface area (TPSA) is 155 Å². The van der Waals surface area contributed by atoms with Crippen molar-refractivity contribution in [3.8, 4) is 0 Å². The van der Waals surface area contributed by atoms with Crippen LogP contribution in [0.5, 0.6) is 0 Å². The highest BCUT2D eigenvalue weighted by Gasteiger charge is 2.47. The van der Waals surface area contributed by atoms with Crippen LogP contribution < -0.4 is 5.73 Å². The molecule has 1 aliphatic heterocycles. The van der Waals surface area contributed by atoms with Crippen molar-refractivity contribution in [1.82, 2.24) is 19.9 Å². The van der Waals surface area contributed by atoms with Crippen molar-refractivity contribution in [1.29, 1.82) is 0 Å². The first-order valence-corrected chi connectivity index (χ1v) is 9.95. The Morgan fingerprint density at radius 1 is 1.42 bits per heavy atom. The zero-order chi connectivity index (χ0) is 18.8. The van der Waals surface area contributed by atoms with Crippen LogP contribution in [0.25, 0.3) is 11.2 Å². The quantitative estimate of drug-likeness (QED) is 0.561. The summed E-state index contributed by atoms with van der Waals surface area (Å²) >= 11 is 0. The molecule has 0 bridgehead atoms. The molecule has 1 saturated heterocycles. The van der Waals surface area contributed by atoms with E-state index < -0.39 is 19.5 Å². The Kier molecular flexibility index (Phi) is 5.56. The third kappa shape index (κ3) is 3.73. The van der Waals surface area contributed by atoms with Gasteiger partial charge in [-0.05, 0) is 13.8 Å². The molecule has 0 radical (unpaired) electrons. The van der Waals surface area contributed by atoms with Gasteiger partial charge >= 0.3 is 7.60 Å². The predicted molar refractivity (Wildman–Crippen MR) is 91.2 cm³/mol. The maximum atomic E-state index is 12.7. The van der Waals surface area contributed by atoms with Crippen molar-refractivity contribution in [3.63, 3.8) is 0 Å². The maximum Gasteiger partial charge on any atom is 0.356 e. The van der Waals surface area contributed by atoms with Crippen molar-refractivity contribution in [2.24, 2.45) is 0 Å².